The van der Waals surface area contributed by atoms with E-state index in [1.54, 1.807) is 7.11 Å². The zero-order chi connectivity index (χ0) is 7.11. The standard InChI is InChI=1S/C6H12O3/c1-6(7)3-4-9-5-8-2/h3-5H2,1-2H3. The van der Waals surface area contributed by atoms with Gasteiger partial charge in [-0.05, 0) is 6.92 Å². The molecule has 0 heterocycles. The fourth-order valence-electron chi connectivity index (χ4n) is 0.358. The van der Waals surface area contributed by atoms with Crippen LogP contribution in [0.5, 0.6) is 0 Å². The molecule has 9 heavy (non-hydrogen) atoms. The molecule has 0 aromatic carbocycles. The Morgan fingerprint density at radius 2 is 2.22 bits per heavy atom. The van der Waals surface area contributed by atoms with Gasteiger partial charge in [-0.3, -0.25) is 4.79 Å². The van der Waals surface area contributed by atoms with Crippen LogP contribution in [-0.4, -0.2) is 26.3 Å². The fraction of sp³-hybridized carbons (Fsp3) is 0.833. The summed E-state index contributed by atoms with van der Waals surface area (Å²) in [6, 6.07) is 0. The first-order valence-corrected chi connectivity index (χ1v) is 2.83. The van der Waals surface area contributed by atoms with E-state index in [1.165, 1.54) is 6.92 Å². The lowest BCUT2D eigenvalue weighted by molar-refractivity contribution is -0.119. The number of carbonyl (C=O) groups excluding carboxylic acids is 1. The number of methoxy groups -OCH3 is 1. The molecule has 0 aliphatic carbocycles. The third-order valence-electron chi connectivity index (χ3n) is 0.800. The van der Waals surface area contributed by atoms with Gasteiger partial charge in [0.1, 0.15) is 12.6 Å². The van der Waals surface area contributed by atoms with Crippen LogP contribution in [0.1, 0.15) is 13.3 Å². The first kappa shape index (κ1) is 8.59. The Morgan fingerprint density at radius 1 is 1.56 bits per heavy atom. The van der Waals surface area contributed by atoms with Gasteiger partial charge in [0, 0.05) is 13.5 Å². The van der Waals surface area contributed by atoms with Crippen LogP contribution in [0.15, 0.2) is 0 Å². The van der Waals surface area contributed by atoms with Crippen LogP contribution in [0, 0.1) is 0 Å². The van der Waals surface area contributed by atoms with Crippen molar-refractivity contribution in [1.82, 2.24) is 0 Å². The zero-order valence-corrected chi connectivity index (χ0v) is 5.85. The Hall–Kier alpha value is -0.410. The maximum absolute atomic E-state index is 10.3. The molecule has 3 nitrogen and oxygen atoms in total. The van der Waals surface area contributed by atoms with E-state index in [2.05, 4.69) is 4.74 Å². The monoisotopic (exact) mass is 132 g/mol. The SMILES string of the molecule is COCOCCC(C)=O. The molecule has 0 unspecified atom stereocenters. The first-order valence-electron chi connectivity index (χ1n) is 2.83. The first-order chi connectivity index (χ1) is 4.27. The second-order valence-corrected chi connectivity index (χ2v) is 1.77. The van der Waals surface area contributed by atoms with Crippen molar-refractivity contribution in [3.63, 3.8) is 0 Å². The zero-order valence-electron chi connectivity index (χ0n) is 5.85. The smallest absolute Gasteiger partial charge is 0.146 e. The third kappa shape index (κ3) is 7.59. The van der Waals surface area contributed by atoms with E-state index < -0.39 is 0 Å². The molecule has 0 bridgehead atoms. The average molecular weight is 132 g/mol. The molecule has 0 aliphatic heterocycles. The Kier molecular flexibility index (Phi) is 5.46. The third-order valence-corrected chi connectivity index (χ3v) is 0.800. The van der Waals surface area contributed by atoms with Crippen molar-refractivity contribution in [2.45, 2.75) is 13.3 Å². The van der Waals surface area contributed by atoms with Crippen LogP contribution in [-0.2, 0) is 14.3 Å². The highest BCUT2D eigenvalue weighted by Crippen LogP contribution is 1.83. The van der Waals surface area contributed by atoms with E-state index in [0.717, 1.165) is 0 Å². The van der Waals surface area contributed by atoms with Crippen LogP contribution < -0.4 is 0 Å². The van der Waals surface area contributed by atoms with Crippen LogP contribution in [0.2, 0.25) is 0 Å². The van der Waals surface area contributed by atoms with Crippen LogP contribution >= 0.6 is 0 Å². The van der Waals surface area contributed by atoms with E-state index in [9.17, 15) is 4.79 Å². The van der Waals surface area contributed by atoms with Crippen molar-refractivity contribution >= 4 is 5.78 Å². The Bertz CT molecular complexity index is 80.4. The van der Waals surface area contributed by atoms with E-state index in [1.807, 2.05) is 0 Å². The maximum atomic E-state index is 10.3. The van der Waals surface area contributed by atoms with Crippen LogP contribution in [0.25, 0.3) is 0 Å². The van der Waals surface area contributed by atoms with Gasteiger partial charge in [0.2, 0.25) is 0 Å². The molecule has 0 radical (unpaired) electrons. The summed E-state index contributed by atoms with van der Waals surface area (Å²) in [5, 5.41) is 0. The lowest BCUT2D eigenvalue weighted by Gasteiger charge is -1.98. The Balaban J connectivity index is 2.83. The number of ketones is 1. The molecule has 0 aliphatic rings. The Labute approximate surface area is 55.0 Å². The Morgan fingerprint density at radius 3 is 2.67 bits per heavy atom. The number of Topliss-reactive ketones (excluding diaryl/α,β-unsaturated/α-hetero) is 1. The van der Waals surface area contributed by atoms with Crippen molar-refractivity contribution < 1.29 is 14.3 Å². The van der Waals surface area contributed by atoms with Gasteiger partial charge in [-0.15, -0.1) is 0 Å². The highest BCUT2D eigenvalue weighted by atomic mass is 16.7. The second kappa shape index (κ2) is 5.72. The summed E-state index contributed by atoms with van der Waals surface area (Å²) in [5.74, 6) is 0.145. The normalized spacial score (nSPS) is 9.56. The van der Waals surface area contributed by atoms with Crippen LogP contribution in [0.3, 0.4) is 0 Å². The summed E-state index contributed by atoms with van der Waals surface area (Å²) < 4.78 is 9.44. The van der Waals surface area contributed by atoms with Gasteiger partial charge in [0.05, 0.1) is 6.61 Å². The predicted octanol–water partition coefficient (Wildman–Crippen LogP) is 0.586. The molecule has 0 aromatic rings. The van der Waals surface area contributed by atoms with Gasteiger partial charge in [-0.1, -0.05) is 0 Å². The predicted molar refractivity (Wildman–Crippen MR) is 33.1 cm³/mol. The highest BCUT2D eigenvalue weighted by molar-refractivity contribution is 5.75. The van der Waals surface area contributed by atoms with E-state index in [-0.39, 0.29) is 12.6 Å². The minimum atomic E-state index is 0.145. The molecule has 0 saturated carbocycles. The molecule has 0 fully saturated rings. The van der Waals surface area contributed by atoms with E-state index in [4.69, 9.17) is 4.74 Å². The van der Waals surface area contributed by atoms with Crippen molar-refractivity contribution in [3.8, 4) is 0 Å². The molecule has 0 amide bonds. The van der Waals surface area contributed by atoms with Gasteiger partial charge < -0.3 is 9.47 Å². The van der Waals surface area contributed by atoms with Gasteiger partial charge in [-0.25, -0.2) is 0 Å². The largest absolute Gasteiger partial charge is 0.359 e. The summed E-state index contributed by atoms with van der Waals surface area (Å²) in [5.41, 5.74) is 0. The van der Waals surface area contributed by atoms with Gasteiger partial charge in [-0.2, -0.15) is 0 Å². The van der Waals surface area contributed by atoms with Crippen molar-refractivity contribution in [1.29, 1.82) is 0 Å². The quantitative estimate of drug-likeness (QED) is 0.405. The number of carbonyl (C=O) groups is 1. The molecule has 3 heteroatoms. The molecule has 0 N–H and O–H groups in total. The average Bonchev–Trinajstić information content (AvgIpc) is 1.80. The van der Waals surface area contributed by atoms with Gasteiger partial charge in [0.15, 0.2) is 0 Å². The van der Waals surface area contributed by atoms with Crippen molar-refractivity contribution in [2.75, 3.05) is 20.5 Å². The molecular formula is C6H12O3. The molecule has 0 spiro atoms. The number of rotatable bonds is 5. The van der Waals surface area contributed by atoms with Gasteiger partial charge in [0.25, 0.3) is 0 Å². The molecule has 0 saturated heterocycles. The van der Waals surface area contributed by atoms with Crippen molar-refractivity contribution in [3.05, 3.63) is 0 Å². The number of ether oxygens (including phenoxy) is 2. The van der Waals surface area contributed by atoms with Crippen molar-refractivity contribution in [2.24, 2.45) is 0 Å². The minimum Gasteiger partial charge on any atom is -0.359 e. The topological polar surface area (TPSA) is 35.5 Å². The maximum Gasteiger partial charge on any atom is 0.146 e. The molecule has 54 valence electrons. The van der Waals surface area contributed by atoms with E-state index in [0.29, 0.717) is 13.0 Å². The summed E-state index contributed by atoms with van der Waals surface area (Å²) >= 11 is 0. The molecular weight excluding hydrogens is 120 g/mol. The summed E-state index contributed by atoms with van der Waals surface area (Å²) in [6.45, 7) is 2.27. The number of hydrogen-bond acceptors (Lipinski definition) is 3. The second-order valence-electron chi connectivity index (χ2n) is 1.77. The van der Waals surface area contributed by atoms with Crippen LogP contribution in [0.4, 0.5) is 0 Å². The molecule has 0 atom stereocenters. The highest BCUT2D eigenvalue weighted by Gasteiger charge is 1.90. The summed E-state index contributed by atoms with van der Waals surface area (Å²) in [6.07, 6.45) is 0.476. The molecule has 0 rings (SSSR count). The lowest BCUT2D eigenvalue weighted by Crippen LogP contribution is -2.02. The summed E-state index contributed by atoms with van der Waals surface area (Å²) in [4.78, 5) is 10.3. The van der Waals surface area contributed by atoms with Gasteiger partial charge >= 0.3 is 0 Å². The minimum absolute atomic E-state index is 0.145. The molecule has 0 aromatic heterocycles. The fourth-order valence-corrected chi connectivity index (χ4v) is 0.358. The number of hydrogen-bond donors (Lipinski definition) is 0. The lowest BCUT2D eigenvalue weighted by atomic mass is 10.3. The summed E-state index contributed by atoms with van der Waals surface area (Å²) in [7, 11) is 1.55. The van der Waals surface area contributed by atoms with E-state index >= 15 is 0 Å².